The second-order valence-electron chi connectivity index (χ2n) is 6.94. The van der Waals surface area contributed by atoms with Crippen LogP contribution in [0.25, 0.3) is 0 Å². The van der Waals surface area contributed by atoms with E-state index in [1.54, 1.807) is 7.11 Å². The summed E-state index contributed by atoms with van der Waals surface area (Å²) in [6.45, 7) is 8.63. The standard InChI is InChI=1S/C21H34N2O2/c1-4-15-22(5-2)19-13-16-23(17-14-19)21(24)8-6-7-18-9-11-20(25-3)12-10-18/h9-12,19H,4-8,13-17H2,1-3H3. The molecule has 0 radical (unpaired) electrons. The summed E-state index contributed by atoms with van der Waals surface area (Å²) in [5, 5.41) is 0. The number of piperidine rings is 1. The van der Waals surface area contributed by atoms with Crippen LogP contribution >= 0.6 is 0 Å². The molecule has 25 heavy (non-hydrogen) atoms. The van der Waals surface area contributed by atoms with Crippen LogP contribution in [0.4, 0.5) is 0 Å². The highest BCUT2D eigenvalue weighted by molar-refractivity contribution is 5.76. The smallest absolute Gasteiger partial charge is 0.222 e. The summed E-state index contributed by atoms with van der Waals surface area (Å²) in [6, 6.07) is 8.80. The van der Waals surface area contributed by atoms with E-state index in [4.69, 9.17) is 4.74 Å². The van der Waals surface area contributed by atoms with Gasteiger partial charge in [-0.1, -0.05) is 26.0 Å². The molecule has 0 bridgehead atoms. The van der Waals surface area contributed by atoms with Crippen molar-refractivity contribution in [2.45, 2.75) is 58.4 Å². The van der Waals surface area contributed by atoms with Gasteiger partial charge in [0.2, 0.25) is 5.91 Å². The maximum absolute atomic E-state index is 12.5. The Morgan fingerprint density at radius 2 is 1.88 bits per heavy atom. The molecule has 0 spiro atoms. The second kappa shape index (κ2) is 10.4. The van der Waals surface area contributed by atoms with Crippen LogP contribution in [-0.2, 0) is 11.2 Å². The van der Waals surface area contributed by atoms with E-state index in [9.17, 15) is 4.79 Å². The van der Waals surface area contributed by atoms with Crippen molar-refractivity contribution < 1.29 is 9.53 Å². The van der Waals surface area contributed by atoms with Crippen molar-refractivity contribution in [3.05, 3.63) is 29.8 Å². The summed E-state index contributed by atoms with van der Waals surface area (Å²) in [5.74, 6) is 1.21. The largest absolute Gasteiger partial charge is 0.497 e. The van der Waals surface area contributed by atoms with Crippen molar-refractivity contribution >= 4 is 5.91 Å². The lowest BCUT2D eigenvalue weighted by Gasteiger charge is -2.38. The molecule has 0 aliphatic carbocycles. The van der Waals surface area contributed by atoms with Crippen LogP contribution in [-0.4, -0.2) is 55.0 Å². The molecule has 0 aromatic heterocycles. The number of methoxy groups -OCH3 is 1. The molecular weight excluding hydrogens is 312 g/mol. The SMILES string of the molecule is CCCN(CC)C1CCN(C(=O)CCCc2ccc(OC)cc2)CC1. The lowest BCUT2D eigenvalue weighted by Crippen LogP contribution is -2.46. The van der Waals surface area contributed by atoms with Crippen molar-refractivity contribution in [1.82, 2.24) is 9.80 Å². The molecule has 0 N–H and O–H groups in total. The quantitative estimate of drug-likeness (QED) is 0.683. The molecule has 1 aromatic carbocycles. The van der Waals surface area contributed by atoms with Gasteiger partial charge in [-0.05, 0) is 62.9 Å². The van der Waals surface area contributed by atoms with Crippen LogP contribution in [0.15, 0.2) is 24.3 Å². The number of carbonyl (C=O) groups excluding carboxylic acids is 1. The summed E-state index contributed by atoms with van der Waals surface area (Å²) in [6.07, 6.45) is 5.98. The lowest BCUT2D eigenvalue weighted by molar-refractivity contribution is -0.132. The van der Waals surface area contributed by atoms with E-state index in [2.05, 4.69) is 35.8 Å². The number of likely N-dealkylation sites (tertiary alicyclic amines) is 1. The molecule has 0 unspecified atom stereocenters. The Labute approximate surface area is 153 Å². The minimum atomic E-state index is 0.325. The van der Waals surface area contributed by atoms with Crippen molar-refractivity contribution in [2.75, 3.05) is 33.3 Å². The number of carbonyl (C=O) groups is 1. The molecule has 1 aliphatic heterocycles. The Morgan fingerprint density at radius 1 is 1.20 bits per heavy atom. The third-order valence-corrected chi connectivity index (χ3v) is 5.27. The van der Waals surface area contributed by atoms with Gasteiger partial charge in [0, 0.05) is 25.6 Å². The van der Waals surface area contributed by atoms with Crippen LogP contribution in [0.2, 0.25) is 0 Å². The molecule has 1 saturated heterocycles. The Balaban J connectivity index is 1.69. The van der Waals surface area contributed by atoms with E-state index < -0.39 is 0 Å². The van der Waals surface area contributed by atoms with E-state index in [1.165, 1.54) is 18.5 Å². The first kappa shape index (κ1) is 19.8. The Bertz CT molecular complexity index is 507. The fourth-order valence-electron chi connectivity index (χ4n) is 3.76. The molecule has 4 heteroatoms. The van der Waals surface area contributed by atoms with Gasteiger partial charge >= 0.3 is 0 Å². The normalized spacial score (nSPS) is 15.6. The van der Waals surface area contributed by atoms with E-state index in [-0.39, 0.29) is 0 Å². The first-order chi connectivity index (χ1) is 12.2. The van der Waals surface area contributed by atoms with Crippen LogP contribution in [0.1, 0.15) is 51.5 Å². The molecule has 1 heterocycles. The maximum Gasteiger partial charge on any atom is 0.222 e. The first-order valence-electron chi connectivity index (χ1n) is 9.82. The average Bonchev–Trinajstić information content (AvgIpc) is 2.66. The zero-order valence-corrected chi connectivity index (χ0v) is 16.2. The van der Waals surface area contributed by atoms with E-state index in [0.717, 1.165) is 51.1 Å². The molecule has 0 atom stereocenters. The molecule has 0 saturated carbocycles. The molecule has 2 rings (SSSR count). The first-order valence-corrected chi connectivity index (χ1v) is 9.82. The summed E-state index contributed by atoms with van der Waals surface area (Å²) in [7, 11) is 1.68. The third kappa shape index (κ3) is 6.03. The van der Waals surface area contributed by atoms with Gasteiger partial charge in [0.25, 0.3) is 0 Å². The number of amides is 1. The van der Waals surface area contributed by atoms with E-state index >= 15 is 0 Å². The van der Waals surface area contributed by atoms with Gasteiger partial charge in [0.05, 0.1) is 7.11 Å². The van der Waals surface area contributed by atoms with Crippen molar-refractivity contribution in [2.24, 2.45) is 0 Å². The van der Waals surface area contributed by atoms with Gasteiger partial charge in [-0.25, -0.2) is 0 Å². The molecule has 4 nitrogen and oxygen atoms in total. The van der Waals surface area contributed by atoms with Crippen LogP contribution in [0.5, 0.6) is 5.75 Å². The highest BCUT2D eigenvalue weighted by Gasteiger charge is 2.25. The minimum absolute atomic E-state index is 0.325. The van der Waals surface area contributed by atoms with Crippen LogP contribution in [0.3, 0.4) is 0 Å². The number of nitrogens with zero attached hydrogens (tertiary/aromatic N) is 2. The molecule has 1 amide bonds. The monoisotopic (exact) mass is 346 g/mol. The minimum Gasteiger partial charge on any atom is -0.497 e. The van der Waals surface area contributed by atoms with Gasteiger partial charge in [0.15, 0.2) is 0 Å². The Morgan fingerprint density at radius 3 is 2.44 bits per heavy atom. The van der Waals surface area contributed by atoms with Gasteiger partial charge in [0.1, 0.15) is 5.75 Å². The molecule has 1 aliphatic rings. The van der Waals surface area contributed by atoms with Crippen molar-refractivity contribution in [3.8, 4) is 5.75 Å². The molecular formula is C21H34N2O2. The summed E-state index contributed by atoms with van der Waals surface area (Å²) >= 11 is 0. The van der Waals surface area contributed by atoms with Gasteiger partial charge < -0.3 is 14.5 Å². The zero-order chi connectivity index (χ0) is 18.1. The number of ether oxygens (including phenoxy) is 1. The predicted molar refractivity (Wildman–Crippen MR) is 103 cm³/mol. The van der Waals surface area contributed by atoms with Crippen LogP contribution in [0, 0.1) is 0 Å². The highest BCUT2D eigenvalue weighted by atomic mass is 16.5. The Kier molecular flexibility index (Phi) is 8.26. The number of hydrogen-bond donors (Lipinski definition) is 0. The predicted octanol–water partition coefficient (Wildman–Crippen LogP) is 3.74. The topological polar surface area (TPSA) is 32.8 Å². The van der Waals surface area contributed by atoms with Gasteiger partial charge in [-0.2, -0.15) is 0 Å². The molecule has 140 valence electrons. The number of rotatable bonds is 9. The van der Waals surface area contributed by atoms with Crippen molar-refractivity contribution in [3.63, 3.8) is 0 Å². The fraction of sp³-hybridized carbons (Fsp3) is 0.667. The van der Waals surface area contributed by atoms with Gasteiger partial charge in [-0.15, -0.1) is 0 Å². The fourth-order valence-corrected chi connectivity index (χ4v) is 3.76. The number of aryl methyl sites for hydroxylation is 1. The Hall–Kier alpha value is -1.55. The summed E-state index contributed by atoms with van der Waals surface area (Å²) < 4.78 is 5.18. The molecule has 1 aromatic rings. The van der Waals surface area contributed by atoms with Gasteiger partial charge in [-0.3, -0.25) is 4.79 Å². The van der Waals surface area contributed by atoms with Crippen LogP contribution < -0.4 is 4.74 Å². The highest BCUT2D eigenvalue weighted by Crippen LogP contribution is 2.18. The molecule has 1 fully saturated rings. The summed E-state index contributed by atoms with van der Waals surface area (Å²) in [4.78, 5) is 17.1. The third-order valence-electron chi connectivity index (χ3n) is 5.27. The maximum atomic E-state index is 12.5. The average molecular weight is 347 g/mol. The lowest BCUT2D eigenvalue weighted by atomic mass is 10.0. The number of hydrogen-bond acceptors (Lipinski definition) is 3. The van der Waals surface area contributed by atoms with E-state index in [0.29, 0.717) is 18.4 Å². The summed E-state index contributed by atoms with van der Waals surface area (Å²) in [5.41, 5.74) is 1.27. The second-order valence-corrected chi connectivity index (χ2v) is 6.94. The van der Waals surface area contributed by atoms with E-state index in [1.807, 2.05) is 12.1 Å². The van der Waals surface area contributed by atoms with Crippen molar-refractivity contribution in [1.29, 1.82) is 0 Å². The zero-order valence-electron chi connectivity index (χ0n) is 16.2. The number of benzene rings is 1.